The van der Waals surface area contributed by atoms with Crippen LogP contribution in [-0.2, 0) is 45.2 Å². The van der Waals surface area contributed by atoms with E-state index in [2.05, 4.69) is 47.2 Å². The molecule has 5 heterocycles. The van der Waals surface area contributed by atoms with Crippen molar-refractivity contribution >= 4 is 92.1 Å². The molecule has 18 heteroatoms. The van der Waals surface area contributed by atoms with Crippen molar-refractivity contribution in [3.8, 4) is 22.4 Å². The maximum atomic E-state index is 14.3. The van der Waals surface area contributed by atoms with Gasteiger partial charge in [0.15, 0.2) is 0 Å². The van der Waals surface area contributed by atoms with Crippen LogP contribution in [0.2, 0.25) is 0 Å². The standard InChI is InChI=1S/C38H42IN5O6S2.CH4O3.W/c1-22-21-43(35(46)49-37(2,3)4)32-31-26-9-10-27(23-19-24(15-18-51-39)40-30(20-23)42-16-13-25(48-8)14-17-42)41-28(26)11-12-29(31)52-33(32)34(45)44(22)36(47)50-38(5,6)7;1-3-4-2;/h9-12,19-20,22,25H,13-14,16-17,21H2,1-8H3;2H,1H3;/t22-;;/m1../s1. The fourth-order valence-electron chi connectivity index (χ4n) is 6.43. The Bertz CT molecular complexity index is 2160. The number of piperidine rings is 1. The summed E-state index contributed by atoms with van der Waals surface area (Å²) < 4.78 is 17.9. The van der Waals surface area contributed by atoms with Crippen molar-refractivity contribution in [1.82, 2.24) is 14.9 Å². The molecule has 57 heavy (non-hydrogen) atoms. The number of benzene rings is 1. The van der Waals surface area contributed by atoms with Gasteiger partial charge in [-0.1, -0.05) is 5.04 Å². The maximum Gasteiger partial charge on any atom is 0.417 e. The zero-order valence-corrected chi connectivity index (χ0v) is 39.9. The van der Waals surface area contributed by atoms with Crippen molar-refractivity contribution in [2.24, 2.45) is 0 Å². The molecule has 2 aliphatic heterocycles. The molecule has 0 saturated carbocycles. The number of hydrogen-bond donors (Lipinski definition) is 1. The van der Waals surface area contributed by atoms with E-state index in [1.54, 1.807) is 55.6 Å². The molecule has 6 rings (SSSR count). The van der Waals surface area contributed by atoms with Gasteiger partial charge in [-0.2, -0.15) is 0 Å². The molecule has 306 valence electrons. The largest absolute Gasteiger partial charge is 0.443 e. The molecule has 0 spiro atoms. The van der Waals surface area contributed by atoms with E-state index in [0.717, 1.165) is 58.0 Å². The second-order valence-electron chi connectivity index (χ2n) is 15.1. The number of halogens is 1. The molecule has 2 aliphatic rings. The molecular weight excluding hydrogens is 1060 g/mol. The number of anilines is 2. The van der Waals surface area contributed by atoms with Gasteiger partial charge in [0.1, 0.15) is 27.6 Å². The minimum absolute atomic E-state index is 0. The molecule has 1 fully saturated rings. The van der Waals surface area contributed by atoms with E-state index in [9.17, 15) is 14.4 Å². The molecule has 1 atom stereocenters. The smallest absolute Gasteiger partial charge is 0.417 e. The van der Waals surface area contributed by atoms with Gasteiger partial charge < -0.3 is 19.1 Å². The average molecular weight is 1100 g/mol. The van der Waals surface area contributed by atoms with E-state index in [-0.39, 0.29) is 38.6 Å². The summed E-state index contributed by atoms with van der Waals surface area (Å²) in [6.45, 7) is 14.0. The van der Waals surface area contributed by atoms with Crippen LogP contribution in [0.3, 0.4) is 0 Å². The fourth-order valence-corrected chi connectivity index (χ4v) is 8.07. The second kappa shape index (κ2) is 19.8. The minimum atomic E-state index is -0.824. The Kier molecular flexibility index (Phi) is 16.2. The van der Waals surface area contributed by atoms with Crippen LogP contribution in [0.4, 0.5) is 21.1 Å². The molecule has 4 aromatic rings. The number of fused-ring (bicyclic) bond motifs is 5. The Hall–Kier alpha value is -3.08. The normalized spacial score (nSPS) is 16.2. The molecule has 0 bridgehead atoms. The Morgan fingerprint density at radius 2 is 1.63 bits per heavy atom. The predicted molar refractivity (Wildman–Crippen MR) is 227 cm³/mol. The van der Waals surface area contributed by atoms with Crippen molar-refractivity contribution in [3.05, 3.63) is 47.0 Å². The molecule has 0 unspecified atom stereocenters. The van der Waals surface area contributed by atoms with Crippen LogP contribution >= 0.6 is 41.5 Å². The molecule has 0 radical (unpaired) electrons. The first-order chi connectivity index (χ1) is 26.5. The number of amides is 3. The summed E-state index contributed by atoms with van der Waals surface area (Å²) in [6.07, 6.45) is 0.693. The Labute approximate surface area is 367 Å². The summed E-state index contributed by atoms with van der Waals surface area (Å²) in [5, 5.41) is 14.7. The number of nitrogens with zero attached hydrogens (tertiary/aromatic N) is 5. The first-order valence-electron chi connectivity index (χ1n) is 17.8. The molecule has 3 aromatic heterocycles. The van der Waals surface area contributed by atoms with Gasteiger partial charge in [0.2, 0.25) is 0 Å². The van der Waals surface area contributed by atoms with E-state index in [1.165, 1.54) is 32.3 Å². The molecule has 3 amide bonds. The zero-order valence-electron chi connectivity index (χ0n) is 33.2. The van der Waals surface area contributed by atoms with Crippen molar-refractivity contribution < 1.29 is 64.8 Å². The third-order valence-electron chi connectivity index (χ3n) is 8.77. The summed E-state index contributed by atoms with van der Waals surface area (Å²) in [4.78, 5) is 60.4. The van der Waals surface area contributed by atoms with Gasteiger partial charge in [-0.05, 0) is 118 Å². The van der Waals surface area contributed by atoms with Crippen LogP contribution < -0.4 is 9.80 Å². The number of pyridine rings is 2. The summed E-state index contributed by atoms with van der Waals surface area (Å²) in [7, 11) is 4.37. The quantitative estimate of drug-likeness (QED) is 0.0896. The number of thiophene rings is 1. The van der Waals surface area contributed by atoms with Crippen molar-refractivity contribution in [3.63, 3.8) is 0 Å². The van der Waals surface area contributed by atoms with Crippen LogP contribution in [0.5, 0.6) is 0 Å². The molecule has 1 saturated heterocycles. The molecule has 14 nitrogen and oxygen atoms in total. The van der Waals surface area contributed by atoms with Crippen LogP contribution in [0.15, 0.2) is 36.4 Å². The van der Waals surface area contributed by atoms with Crippen molar-refractivity contribution in [2.75, 3.05) is 43.7 Å². The number of carbonyl (C=O) groups excluding carboxylic acids is 3. The predicted octanol–water partition coefficient (Wildman–Crippen LogP) is 9.07. The first-order valence-corrected chi connectivity index (χ1v) is 22.0. The zero-order chi connectivity index (χ0) is 40.9. The van der Waals surface area contributed by atoms with Crippen molar-refractivity contribution in [2.45, 2.75) is 84.7 Å². The van der Waals surface area contributed by atoms with Crippen LogP contribution in [0.1, 0.15) is 76.7 Å². The fraction of sp³-hybridized carbons (Fsp3) is 0.462. The van der Waals surface area contributed by atoms with E-state index in [0.29, 0.717) is 22.3 Å². The average Bonchev–Trinajstić information content (AvgIpc) is 3.49. The molecule has 1 aromatic carbocycles. The number of rotatable bonds is 4. The molecule has 0 aliphatic carbocycles. The molecule has 1 N–H and O–H groups in total. The molecular formula is C39H46IN5O9S2W. The number of carbonyl (C=O) groups is 3. The third kappa shape index (κ3) is 11.4. The SMILES string of the molecule is COC1CCN(c2cc(-c3ccc4c(ccc5sc6c(c54)N(C(=O)OC(C)(C)C)C[C@@H](C)N(C(=O)OC(C)(C)C)C6=O)n3)cc(C#CSI)n2)CC1.COOO.[W]. The van der Waals surface area contributed by atoms with Crippen molar-refractivity contribution in [1.29, 1.82) is 0 Å². The van der Waals surface area contributed by atoms with Gasteiger partial charge in [-0.15, -0.1) is 11.3 Å². The van der Waals surface area contributed by atoms with Crippen LogP contribution in [0, 0.1) is 11.2 Å². The minimum Gasteiger partial charge on any atom is -0.443 e. The van der Waals surface area contributed by atoms with Gasteiger partial charge in [0, 0.05) is 83.5 Å². The Balaban J connectivity index is 0.00000137. The van der Waals surface area contributed by atoms with E-state index in [4.69, 9.17) is 29.4 Å². The number of imide groups is 1. The second-order valence-corrected chi connectivity index (χ2v) is 17.9. The number of aromatic nitrogens is 2. The summed E-state index contributed by atoms with van der Waals surface area (Å²) in [6, 6.07) is 11.0. The van der Waals surface area contributed by atoms with Gasteiger partial charge in [-0.3, -0.25) is 9.69 Å². The number of methoxy groups -OCH3 is 1. The third-order valence-corrected chi connectivity index (χ3v) is 10.7. The van der Waals surface area contributed by atoms with Gasteiger partial charge in [0.05, 0.1) is 42.7 Å². The summed E-state index contributed by atoms with van der Waals surface area (Å²) in [5.41, 5.74) is 1.72. The maximum absolute atomic E-state index is 14.3. The van der Waals surface area contributed by atoms with Gasteiger partial charge >= 0.3 is 12.2 Å². The number of hydrogen-bond acceptors (Lipinski definition) is 14. The van der Waals surface area contributed by atoms with E-state index in [1.807, 2.05) is 36.4 Å². The Morgan fingerprint density at radius 1 is 0.982 bits per heavy atom. The monoisotopic (exact) mass is 1100 g/mol. The number of ether oxygens (including phenoxy) is 3. The van der Waals surface area contributed by atoms with Gasteiger partial charge in [-0.25, -0.2) is 34.6 Å². The summed E-state index contributed by atoms with van der Waals surface area (Å²) >= 11 is 3.38. The van der Waals surface area contributed by atoms with E-state index < -0.39 is 35.3 Å². The van der Waals surface area contributed by atoms with E-state index >= 15 is 0 Å². The van der Waals surface area contributed by atoms with Gasteiger partial charge in [0.25, 0.3) is 5.91 Å². The summed E-state index contributed by atoms with van der Waals surface area (Å²) in [5.74, 6) is 3.47. The first kappa shape index (κ1) is 46.6. The Morgan fingerprint density at radius 3 is 2.23 bits per heavy atom. The van der Waals surface area contributed by atoms with Crippen LogP contribution in [0.25, 0.3) is 32.2 Å². The topological polar surface area (TPSA) is 153 Å². The van der Waals surface area contributed by atoms with Crippen LogP contribution in [-0.4, -0.2) is 95.4 Å².